The van der Waals surface area contributed by atoms with Crippen molar-refractivity contribution in [2.75, 3.05) is 12.4 Å². The van der Waals surface area contributed by atoms with Gasteiger partial charge in [-0.25, -0.2) is 23.7 Å². The predicted octanol–water partition coefficient (Wildman–Crippen LogP) is 7.04. The Morgan fingerprint density at radius 1 is 1.16 bits per heavy atom. The Labute approximate surface area is 267 Å². The molecule has 0 bridgehead atoms. The first-order valence-corrected chi connectivity index (χ1v) is 15.4. The van der Waals surface area contributed by atoms with Crippen LogP contribution in [-0.2, 0) is 11.2 Å². The van der Waals surface area contributed by atoms with E-state index in [1.165, 1.54) is 18.2 Å². The zero-order valence-electron chi connectivity index (χ0n) is 26.2. The van der Waals surface area contributed by atoms with E-state index in [0.29, 0.717) is 11.4 Å². The van der Waals surface area contributed by atoms with Crippen LogP contribution in [0.1, 0.15) is 64.5 Å². The fourth-order valence-electron chi connectivity index (χ4n) is 5.50. The van der Waals surface area contributed by atoms with E-state index >= 15 is 0 Å². The summed E-state index contributed by atoms with van der Waals surface area (Å²) in [4.78, 5) is 21.2. The molecule has 1 aromatic carbocycles. The average molecular weight is 636 g/mol. The Morgan fingerprint density at radius 2 is 1.89 bits per heavy atom. The van der Waals surface area contributed by atoms with Crippen molar-refractivity contribution in [3.8, 4) is 17.0 Å². The van der Waals surface area contributed by atoms with Crippen LogP contribution < -0.4 is 21.1 Å². The number of carbonyl (C=O) groups is 1. The fraction of sp³-hybridized carbons (Fsp3) is 0.394. The monoisotopic (exact) mass is 635 g/mol. The molecule has 45 heavy (non-hydrogen) atoms. The van der Waals surface area contributed by atoms with Gasteiger partial charge in [-0.05, 0) is 82.2 Å². The van der Waals surface area contributed by atoms with E-state index in [4.69, 9.17) is 26.8 Å². The number of benzene rings is 1. The third-order valence-electron chi connectivity index (χ3n) is 7.72. The second-order valence-corrected chi connectivity index (χ2v) is 12.6. The highest BCUT2D eigenvalue weighted by atomic mass is 35.5. The van der Waals surface area contributed by atoms with E-state index in [0.717, 1.165) is 60.0 Å². The van der Waals surface area contributed by atoms with Gasteiger partial charge >= 0.3 is 6.09 Å². The average Bonchev–Trinajstić information content (AvgIpc) is 3.43. The molecule has 4 N–H and O–H groups in total. The van der Waals surface area contributed by atoms with Gasteiger partial charge in [0.15, 0.2) is 0 Å². The first-order valence-electron chi connectivity index (χ1n) is 15.0. The van der Waals surface area contributed by atoms with Gasteiger partial charge in [-0.15, -0.1) is 0 Å². The van der Waals surface area contributed by atoms with Crippen LogP contribution >= 0.6 is 11.6 Å². The number of hydrogen-bond donors (Lipinski definition) is 3. The Morgan fingerprint density at radius 3 is 2.58 bits per heavy atom. The van der Waals surface area contributed by atoms with Crippen molar-refractivity contribution >= 4 is 40.4 Å². The first kappa shape index (κ1) is 32.0. The van der Waals surface area contributed by atoms with Crippen molar-refractivity contribution in [2.45, 2.75) is 77.5 Å². The number of carbonyl (C=O) groups excluding carboxylic acids is 1. The van der Waals surface area contributed by atoms with E-state index in [-0.39, 0.29) is 28.6 Å². The minimum Gasteiger partial charge on any atom is -0.481 e. The molecule has 0 atom stereocenters. The summed E-state index contributed by atoms with van der Waals surface area (Å²) in [5.41, 5.74) is 11.3. The van der Waals surface area contributed by atoms with E-state index < -0.39 is 17.5 Å². The molecule has 1 amide bonds. The summed E-state index contributed by atoms with van der Waals surface area (Å²) in [6.45, 7) is 7.62. The third kappa shape index (κ3) is 7.65. The molecule has 12 heteroatoms. The molecule has 1 aliphatic rings. The van der Waals surface area contributed by atoms with Crippen LogP contribution in [0, 0.1) is 5.82 Å². The van der Waals surface area contributed by atoms with Gasteiger partial charge in [-0.2, -0.15) is 5.10 Å². The van der Waals surface area contributed by atoms with Crippen molar-refractivity contribution < 1.29 is 18.7 Å². The van der Waals surface area contributed by atoms with Gasteiger partial charge in [-0.1, -0.05) is 18.5 Å². The number of ether oxygens (including phenoxy) is 2. The largest absolute Gasteiger partial charge is 0.481 e. The highest BCUT2D eigenvalue weighted by molar-refractivity contribution is 6.33. The second kappa shape index (κ2) is 13.3. The highest BCUT2D eigenvalue weighted by Gasteiger charge is 2.26. The van der Waals surface area contributed by atoms with E-state index in [2.05, 4.69) is 32.6 Å². The zero-order chi connectivity index (χ0) is 32.3. The van der Waals surface area contributed by atoms with Gasteiger partial charge in [0, 0.05) is 42.2 Å². The molecule has 4 aromatic rings. The number of hydrogen-bond acceptors (Lipinski definition) is 7. The minimum absolute atomic E-state index is 0.0191. The molecule has 0 unspecified atom stereocenters. The summed E-state index contributed by atoms with van der Waals surface area (Å²) in [5.74, 6) is 0.192. The maximum absolute atomic E-state index is 14.0. The van der Waals surface area contributed by atoms with Crippen LogP contribution in [0.3, 0.4) is 0 Å². The molecule has 3 heterocycles. The SMILES string of the molecule is CCc1cnc(OC)cc1-c1cc2c(NC3CCC(NC(=O)OC(C)(C)C)CC3)c(C(N)=Nc3cc(F)ccc3Cl)cnn2c1. The molecule has 238 valence electrons. The molecule has 3 aromatic heterocycles. The number of nitrogens with zero attached hydrogens (tertiary/aromatic N) is 4. The number of nitrogens with two attached hydrogens (primary N) is 1. The van der Waals surface area contributed by atoms with Crippen molar-refractivity contribution in [3.05, 3.63) is 70.9 Å². The molecule has 0 aliphatic heterocycles. The topological polar surface area (TPSA) is 128 Å². The zero-order valence-corrected chi connectivity index (χ0v) is 26.9. The van der Waals surface area contributed by atoms with Crippen molar-refractivity contribution in [3.63, 3.8) is 0 Å². The molecule has 0 radical (unpaired) electrons. The summed E-state index contributed by atoms with van der Waals surface area (Å²) >= 11 is 6.31. The van der Waals surface area contributed by atoms with Crippen LogP contribution in [0.2, 0.25) is 5.02 Å². The fourth-order valence-corrected chi connectivity index (χ4v) is 5.66. The van der Waals surface area contributed by atoms with Crippen molar-refractivity contribution in [1.82, 2.24) is 19.9 Å². The maximum Gasteiger partial charge on any atom is 0.407 e. The number of nitrogens with one attached hydrogen (secondary N) is 2. The normalized spacial score (nSPS) is 17.3. The molecule has 1 fully saturated rings. The molecule has 0 spiro atoms. The number of rotatable bonds is 8. The van der Waals surface area contributed by atoms with Crippen molar-refractivity contribution in [1.29, 1.82) is 0 Å². The number of aryl methyl sites for hydroxylation is 1. The molecule has 0 saturated heterocycles. The number of aliphatic imine (C=N–C) groups is 1. The Hall–Kier alpha value is -4.38. The molecular formula is C33H39ClFN7O3. The van der Waals surface area contributed by atoms with Gasteiger partial charge in [0.25, 0.3) is 0 Å². The van der Waals surface area contributed by atoms with Crippen LogP contribution in [0.15, 0.2) is 53.9 Å². The van der Waals surface area contributed by atoms with Gasteiger partial charge in [0.05, 0.1) is 40.8 Å². The van der Waals surface area contributed by atoms with Gasteiger partial charge in [0.1, 0.15) is 17.3 Å². The lowest BCUT2D eigenvalue weighted by atomic mass is 9.91. The summed E-state index contributed by atoms with van der Waals surface area (Å²) < 4.78 is 26.7. The number of alkyl carbamates (subject to hydrolysis) is 1. The maximum atomic E-state index is 14.0. The standard InChI is InChI=1S/C33H39ClFN7O3/c1-6-19-16-37-29(44-5)15-24(19)20-13-28-30(39-22-8-10-23(11-9-22)40-32(43)45-33(2,3)4)25(17-38-42(28)18-20)31(36)41-27-14-21(35)7-12-26(27)34/h7,12-18,22-23,39H,6,8-11H2,1-5H3,(H2,36,41)(H,40,43). The number of methoxy groups -OCH3 is 1. The van der Waals surface area contributed by atoms with E-state index in [1.54, 1.807) is 17.8 Å². The molecule has 1 aliphatic carbocycles. The van der Waals surface area contributed by atoms with Crippen LogP contribution in [-0.4, -0.2) is 51.3 Å². The first-order chi connectivity index (χ1) is 21.4. The lowest BCUT2D eigenvalue weighted by molar-refractivity contribution is 0.0492. The summed E-state index contributed by atoms with van der Waals surface area (Å²) in [7, 11) is 1.59. The van der Waals surface area contributed by atoms with Crippen LogP contribution in [0.25, 0.3) is 16.6 Å². The smallest absolute Gasteiger partial charge is 0.407 e. The van der Waals surface area contributed by atoms with Crippen LogP contribution in [0.4, 0.5) is 20.6 Å². The summed E-state index contributed by atoms with van der Waals surface area (Å²) in [6, 6.07) is 8.03. The number of fused-ring (bicyclic) bond motifs is 1. The summed E-state index contributed by atoms with van der Waals surface area (Å²) in [5, 5.41) is 11.6. The number of amidine groups is 1. The number of halogens is 2. The molecule has 10 nitrogen and oxygen atoms in total. The number of aromatic nitrogens is 3. The number of pyridine rings is 1. The Bertz CT molecular complexity index is 1730. The quantitative estimate of drug-likeness (QED) is 0.140. The lowest BCUT2D eigenvalue weighted by Crippen LogP contribution is -2.42. The Balaban J connectivity index is 1.50. The Kier molecular flexibility index (Phi) is 9.48. The van der Waals surface area contributed by atoms with E-state index in [9.17, 15) is 9.18 Å². The number of amides is 1. The number of anilines is 1. The third-order valence-corrected chi connectivity index (χ3v) is 8.04. The van der Waals surface area contributed by atoms with Gasteiger partial charge < -0.3 is 25.8 Å². The molecule has 5 rings (SSSR count). The van der Waals surface area contributed by atoms with Crippen molar-refractivity contribution in [2.24, 2.45) is 10.7 Å². The second-order valence-electron chi connectivity index (χ2n) is 12.2. The van der Waals surface area contributed by atoms with E-state index in [1.807, 2.05) is 45.3 Å². The van der Waals surface area contributed by atoms with Crippen LogP contribution in [0.5, 0.6) is 5.88 Å². The van der Waals surface area contributed by atoms with Gasteiger partial charge in [0.2, 0.25) is 5.88 Å². The molecular weight excluding hydrogens is 597 g/mol. The lowest BCUT2D eigenvalue weighted by Gasteiger charge is -2.31. The highest BCUT2D eigenvalue weighted by Crippen LogP contribution is 2.34. The summed E-state index contributed by atoms with van der Waals surface area (Å²) in [6.07, 6.45) is 8.97. The van der Waals surface area contributed by atoms with Gasteiger partial charge in [-0.3, -0.25) is 0 Å². The predicted molar refractivity (Wildman–Crippen MR) is 175 cm³/mol. The molecule has 1 saturated carbocycles. The minimum atomic E-state index is -0.557.